The van der Waals surface area contributed by atoms with Crippen LogP contribution in [0.2, 0.25) is 0 Å². The highest BCUT2D eigenvalue weighted by molar-refractivity contribution is 5.92. The molecule has 1 atom stereocenters. The van der Waals surface area contributed by atoms with Crippen molar-refractivity contribution in [1.29, 1.82) is 5.26 Å². The molecule has 0 bridgehead atoms. The van der Waals surface area contributed by atoms with Gasteiger partial charge >= 0.3 is 0 Å². The quantitative estimate of drug-likeness (QED) is 0.428. The lowest BCUT2D eigenvalue weighted by atomic mass is 10.0. The number of anilines is 1. The van der Waals surface area contributed by atoms with Crippen molar-refractivity contribution in [3.05, 3.63) is 71.0 Å². The van der Waals surface area contributed by atoms with Gasteiger partial charge < -0.3 is 15.0 Å². The fourth-order valence-electron chi connectivity index (χ4n) is 4.11. The van der Waals surface area contributed by atoms with Crippen LogP contribution in [0.15, 0.2) is 48.5 Å². The van der Waals surface area contributed by atoms with E-state index in [-0.39, 0.29) is 6.10 Å². The minimum atomic E-state index is -0.227. The highest BCUT2D eigenvalue weighted by Crippen LogP contribution is 2.34. The number of aryl methyl sites for hydroxylation is 2. The first-order valence-corrected chi connectivity index (χ1v) is 11.2. The van der Waals surface area contributed by atoms with E-state index in [0.717, 1.165) is 52.3 Å². The molecule has 4 rings (SSSR count). The highest BCUT2D eigenvalue weighted by atomic mass is 16.5. The number of hydrogen-bond donors (Lipinski definition) is 1. The third-order valence-electron chi connectivity index (χ3n) is 5.81. The minimum Gasteiger partial charge on any atom is -0.483 e. The van der Waals surface area contributed by atoms with Crippen LogP contribution in [0.1, 0.15) is 35.0 Å². The van der Waals surface area contributed by atoms with Gasteiger partial charge in [-0.2, -0.15) is 15.5 Å². The van der Waals surface area contributed by atoms with Crippen LogP contribution in [0.5, 0.6) is 5.75 Å². The Labute approximate surface area is 199 Å². The number of rotatable bonds is 8. The average molecular weight is 456 g/mol. The maximum Gasteiger partial charge on any atom is 0.179 e. The van der Waals surface area contributed by atoms with Gasteiger partial charge in [-0.1, -0.05) is 24.3 Å². The second-order valence-corrected chi connectivity index (χ2v) is 8.43. The molecule has 0 saturated heterocycles. The fraction of sp³-hybridized carbons (Fsp3) is 0.308. The summed E-state index contributed by atoms with van der Waals surface area (Å²) in [6.07, 6.45) is 0.520. The Morgan fingerprint density at radius 2 is 1.91 bits per heavy atom. The van der Waals surface area contributed by atoms with E-state index in [2.05, 4.69) is 21.6 Å². The predicted octanol–water partition coefficient (Wildman–Crippen LogP) is 4.10. The lowest BCUT2D eigenvalue weighted by Gasteiger charge is -2.22. The molecule has 4 aromatic rings. The van der Waals surface area contributed by atoms with Crippen LogP contribution >= 0.6 is 0 Å². The highest BCUT2D eigenvalue weighted by Gasteiger charge is 2.21. The number of hydrogen-bond acceptors (Lipinski definition) is 7. The van der Waals surface area contributed by atoms with Crippen molar-refractivity contribution >= 4 is 16.7 Å². The molecule has 2 heterocycles. The van der Waals surface area contributed by atoms with E-state index in [1.807, 2.05) is 87.0 Å². The molecule has 0 aliphatic carbocycles. The number of nitrogens with one attached hydrogen (secondary N) is 1. The number of fused-ring (bicyclic) bond motifs is 1. The molecule has 0 saturated carbocycles. The first-order chi connectivity index (χ1) is 16.4. The third-order valence-corrected chi connectivity index (χ3v) is 5.81. The molecule has 2 aromatic heterocycles. The number of nitriles is 1. The maximum absolute atomic E-state index is 9.36. The van der Waals surface area contributed by atoms with E-state index >= 15 is 0 Å². The summed E-state index contributed by atoms with van der Waals surface area (Å²) < 4.78 is 8.50. The monoisotopic (exact) mass is 455 g/mol. The van der Waals surface area contributed by atoms with Crippen LogP contribution in [0.4, 0.5) is 5.82 Å². The van der Waals surface area contributed by atoms with Crippen molar-refractivity contribution in [2.75, 3.05) is 32.6 Å². The van der Waals surface area contributed by atoms with Gasteiger partial charge in [-0.15, -0.1) is 5.10 Å². The second-order valence-electron chi connectivity index (χ2n) is 8.43. The average Bonchev–Trinajstić information content (AvgIpc) is 3.19. The second kappa shape index (κ2) is 9.89. The zero-order chi connectivity index (χ0) is 24.2. The molecule has 0 radical (unpaired) electrons. The molecule has 8 heteroatoms. The van der Waals surface area contributed by atoms with Crippen molar-refractivity contribution in [2.24, 2.45) is 0 Å². The minimum absolute atomic E-state index is 0.227. The van der Waals surface area contributed by atoms with Gasteiger partial charge in [-0.05, 0) is 57.3 Å². The number of ether oxygens (including phenoxy) is 1. The van der Waals surface area contributed by atoms with E-state index in [0.29, 0.717) is 11.3 Å². The van der Waals surface area contributed by atoms with E-state index in [1.54, 1.807) is 6.07 Å². The Hall–Kier alpha value is -3.96. The molecule has 174 valence electrons. The van der Waals surface area contributed by atoms with Crippen LogP contribution in [-0.4, -0.2) is 47.7 Å². The molecule has 8 nitrogen and oxygen atoms in total. The Bertz CT molecular complexity index is 1350. The smallest absolute Gasteiger partial charge is 0.179 e. The summed E-state index contributed by atoms with van der Waals surface area (Å²) >= 11 is 0. The van der Waals surface area contributed by atoms with Gasteiger partial charge in [0.25, 0.3) is 0 Å². The Morgan fingerprint density at radius 1 is 1.12 bits per heavy atom. The first-order valence-electron chi connectivity index (χ1n) is 11.2. The largest absolute Gasteiger partial charge is 0.483 e. The summed E-state index contributed by atoms with van der Waals surface area (Å²) in [5.74, 6) is 1.44. The summed E-state index contributed by atoms with van der Waals surface area (Å²) in [6, 6.07) is 17.7. The molecule has 0 spiro atoms. The zero-order valence-corrected chi connectivity index (χ0v) is 20.2. The predicted molar refractivity (Wildman–Crippen MR) is 134 cm³/mol. The Balaban J connectivity index is 1.81. The van der Waals surface area contributed by atoms with Crippen LogP contribution in [-0.2, 0) is 0 Å². The summed E-state index contributed by atoms with van der Waals surface area (Å²) in [7, 11) is 5.79. The molecule has 1 unspecified atom stereocenters. The van der Waals surface area contributed by atoms with E-state index < -0.39 is 0 Å². The number of nitrogens with zero attached hydrogens (tertiary/aromatic N) is 6. The molecular weight excluding hydrogens is 426 g/mol. The number of benzene rings is 2. The van der Waals surface area contributed by atoms with Crippen LogP contribution < -0.4 is 15.0 Å². The van der Waals surface area contributed by atoms with Gasteiger partial charge in [0.15, 0.2) is 5.82 Å². The lowest BCUT2D eigenvalue weighted by molar-refractivity contribution is 0.194. The Kier molecular flexibility index (Phi) is 6.75. The van der Waals surface area contributed by atoms with Gasteiger partial charge in [0.1, 0.15) is 23.1 Å². The SMILES string of the molecule is CNCCC(Oc1ccccc1-n1nc2c(N(C)C)nnc(C)c2c1C)c1cccc(C#N)c1. The van der Waals surface area contributed by atoms with Crippen LogP contribution in [0.3, 0.4) is 0 Å². The molecule has 0 fully saturated rings. The third kappa shape index (κ3) is 4.43. The van der Waals surface area contributed by atoms with Crippen molar-refractivity contribution in [3.8, 4) is 17.5 Å². The molecule has 0 amide bonds. The normalized spacial score (nSPS) is 11.9. The lowest BCUT2D eigenvalue weighted by Crippen LogP contribution is -2.17. The molecule has 34 heavy (non-hydrogen) atoms. The summed E-state index contributed by atoms with van der Waals surface area (Å²) in [6.45, 7) is 4.76. The molecule has 0 aliphatic heterocycles. The molecular formula is C26H29N7O. The van der Waals surface area contributed by atoms with Gasteiger partial charge in [0.2, 0.25) is 0 Å². The van der Waals surface area contributed by atoms with Crippen LogP contribution in [0, 0.1) is 25.2 Å². The van der Waals surface area contributed by atoms with Crippen molar-refractivity contribution in [1.82, 2.24) is 25.3 Å². The van der Waals surface area contributed by atoms with E-state index in [4.69, 9.17) is 9.84 Å². The van der Waals surface area contributed by atoms with Crippen LogP contribution in [0.25, 0.3) is 16.6 Å². The number of aromatic nitrogens is 4. The van der Waals surface area contributed by atoms with Gasteiger partial charge in [0.05, 0.1) is 28.4 Å². The maximum atomic E-state index is 9.36. The molecule has 1 N–H and O–H groups in total. The number of para-hydroxylation sites is 2. The van der Waals surface area contributed by atoms with Gasteiger partial charge in [0, 0.05) is 20.5 Å². The van der Waals surface area contributed by atoms with Gasteiger partial charge in [-0.25, -0.2) is 4.68 Å². The van der Waals surface area contributed by atoms with Crippen molar-refractivity contribution < 1.29 is 4.74 Å². The topological polar surface area (TPSA) is 91.9 Å². The van der Waals surface area contributed by atoms with Crippen molar-refractivity contribution in [3.63, 3.8) is 0 Å². The zero-order valence-electron chi connectivity index (χ0n) is 20.2. The molecule has 0 aliphatic rings. The standard InChI is InChI=1S/C26H29N7O/c1-17-24-18(2)33(31-25(24)26(30-29-17)32(4)5)21-11-6-7-12-23(21)34-22(13-14-28-3)20-10-8-9-19(15-20)16-27/h6-12,15,22,28H,13-14H2,1-5H3. The van der Waals surface area contributed by atoms with E-state index in [1.165, 1.54) is 0 Å². The summed E-state index contributed by atoms with van der Waals surface area (Å²) in [5, 5.41) is 27.2. The summed E-state index contributed by atoms with van der Waals surface area (Å²) in [4.78, 5) is 1.92. The summed E-state index contributed by atoms with van der Waals surface area (Å²) in [5.41, 5.74) is 5.03. The van der Waals surface area contributed by atoms with E-state index in [9.17, 15) is 5.26 Å². The van der Waals surface area contributed by atoms with Gasteiger partial charge in [-0.3, -0.25) is 0 Å². The molecule has 2 aromatic carbocycles. The van der Waals surface area contributed by atoms with Crippen molar-refractivity contribution in [2.45, 2.75) is 26.4 Å². The fourth-order valence-corrected chi connectivity index (χ4v) is 4.11. The first kappa shape index (κ1) is 23.2. The Morgan fingerprint density at radius 3 is 2.65 bits per heavy atom.